The Morgan fingerprint density at radius 2 is 2.04 bits per heavy atom. The van der Waals surface area contributed by atoms with Crippen LogP contribution in [-0.4, -0.2) is 57.7 Å². The van der Waals surface area contributed by atoms with Gasteiger partial charge in [-0.2, -0.15) is 0 Å². The van der Waals surface area contributed by atoms with Crippen LogP contribution in [0.5, 0.6) is 0 Å². The molecular formula is C18H26N2O4S. The molecule has 0 saturated carbocycles. The number of aryl methyl sites for hydroxylation is 1. The molecule has 138 valence electrons. The number of carbonyl (C=O) groups excluding carboxylic acids is 1. The molecule has 3 rings (SSSR count). The minimum Gasteiger partial charge on any atom is -0.384 e. The molecule has 0 N–H and O–H groups in total. The summed E-state index contributed by atoms with van der Waals surface area (Å²) in [5, 5.41) is 0. The molecule has 0 bridgehead atoms. The second-order valence-electron chi connectivity index (χ2n) is 6.73. The number of nitrogens with zero attached hydrogens (tertiary/aromatic N) is 2. The first-order chi connectivity index (χ1) is 12.0. The SMILES string of the molecule is COCCS(=O)(=O)N1CCCC(C(=O)N2CCCc3ccccc32)C1. The maximum absolute atomic E-state index is 13.1. The number of fused-ring (bicyclic) bond motifs is 1. The zero-order valence-corrected chi connectivity index (χ0v) is 15.5. The molecule has 2 aliphatic rings. The van der Waals surface area contributed by atoms with E-state index in [1.807, 2.05) is 23.1 Å². The highest BCUT2D eigenvalue weighted by Crippen LogP contribution is 2.30. The number of anilines is 1. The average Bonchev–Trinajstić information content (AvgIpc) is 2.65. The van der Waals surface area contributed by atoms with Gasteiger partial charge in [0.05, 0.1) is 18.3 Å². The van der Waals surface area contributed by atoms with Crippen LogP contribution in [0.4, 0.5) is 5.69 Å². The Morgan fingerprint density at radius 1 is 1.24 bits per heavy atom. The topological polar surface area (TPSA) is 66.9 Å². The van der Waals surface area contributed by atoms with Crippen molar-refractivity contribution in [3.8, 4) is 0 Å². The first-order valence-corrected chi connectivity index (χ1v) is 10.5. The predicted octanol–water partition coefficient (Wildman–Crippen LogP) is 1.65. The van der Waals surface area contributed by atoms with E-state index < -0.39 is 10.0 Å². The maximum Gasteiger partial charge on any atom is 0.231 e. The number of amides is 1. The Balaban J connectivity index is 1.73. The number of piperidine rings is 1. The maximum atomic E-state index is 13.1. The molecule has 0 aromatic heterocycles. The number of rotatable bonds is 5. The number of methoxy groups -OCH3 is 1. The summed E-state index contributed by atoms with van der Waals surface area (Å²) in [5.74, 6) is -0.243. The van der Waals surface area contributed by atoms with E-state index >= 15 is 0 Å². The third-order valence-electron chi connectivity index (χ3n) is 5.05. The van der Waals surface area contributed by atoms with Crippen LogP contribution >= 0.6 is 0 Å². The lowest BCUT2D eigenvalue weighted by atomic mass is 9.95. The van der Waals surface area contributed by atoms with E-state index in [-0.39, 0.29) is 30.7 Å². The highest BCUT2D eigenvalue weighted by molar-refractivity contribution is 7.89. The van der Waals surface area contributed by atoms with E-state index in [2.05, 4.69) is 6.07 Å². The molecule has 6 nitrogen and oxygen atoms in total. The molecule has 1 unspecified atom stereocenters. The standard InChI is InChI=1S/C18H26N2O4S/c1-24-12-13-25(22,23)19-10-4-8-16(14-19)18(21)20-11-5-7-15-6-2-3-9-17(15)20/h2-3,6,9,16H,4-5,7-8,10-14H2,1H3. The van der Waals surface area contributed by atoms with Crippen molar-refractivity contribution in [1.29, 1.82) is 0 Å². The van der Waals surface area contributed by atoms with Crippen LogP contribution in [0.15, 0.2) is 24.3 Å². The molecule has 0 aliphatic carbocycles. The molecule has 2 heterocycles. The molecule has 25 heavy (non-hydrogen) atoms. The van der Waals surface area contributed by atoms with E-state index in [4.69, 9.17) is 4.74 Å². The zero-order valence-electron chi connectivity index (χ0n) is 14.7. The van der Waals surface area contributed by atoms with Crippen molar-refractivity contribution in [1.82, 2.24) is 4.31 Å². The third-order valence-corrected chi connectivity index (χ3v) is 6.85. The lowest BCUT2D eigenvalue weighted by molar-refractivity contribution is -0.123. The van der Waals surface area contributed by atoms with Gasteiger partial charge in [-0.05, 0) is 37.3 Å². The summed E-state index contributed by atoms with van der Waals surface area (Å²) < 4.78 is 31.2. The Morgan fingerprint density at radius 3 is 2.84 bits per heavy atom. The van der Waals surface area contributed by atoms with Crippen LogP contribution in [-0.2, 0) is 26.0 Å². The fourth-order valence-corrected chi connectivity index (χ4v) is 5.15. The highest BCUT2D eigenvalue weighted by Gasteiger charge is 2.35. The second kappa shape index (κ2) is 7.85. The molecule has 7 heteroatoms. The number of hydrogen-bond acceptors (Lipinski definition) is 4. The van der Waals surface area contributed by atoms with Crippen LogP contribution < -0.4 is 4.90 Å². The van der Waals surface area contributed by atoms with Crippen molar-refractivity contribution in [2.45, 2.75) is 25.7 Å². The molecule has 1 fully saturated rings. The largest absolute Gasteiger partial charge is 0.384 e. The number of sulfonamides is 1. The van der Waals surface area contributed by atoms with Crippen LogP contribution in [0.1, 0.15) is 24.8 Å². The first kappa shape index (κ1) is 18.4. The van der Waals surface area contributed by atoms with E-state index in [0.29, 0.717) is 13.1 Å². The molecule has 1 amide bonds. The van der Waals surface area contributed by atoms with Gasteiger partial charge in [-0.15, -0.1) is 0 Å². The van der Waals surface area contributed by atoms with E-state index in [1.54, 1.807) is 0 Å². The first-order valence-electron chi connectivity index (χ1n) is 8.89. The molecular weight excluding hydrogens is 340 g/mol. The van der Waals surface area contributed by atoms with E-state index in [1.165, 1.54) is 17.0 Å². The number of carbonyl (C=O) groups is 1. The van der Waals surface area contributed by atoms with Gasteiger partial charge in [0.1, 0.15) is 0 Å². The van der Waals surface area contributed by atoms with Gasteiger partial charge in [-0.25, -0.2) is 12.7 Å². The molecule has 1 aromatic rings. The van der Waals surface area contributed by atoms with Gasteiger partial charge >= 0.3 is 0 Å². The van der Waals surface area contributed by atoms with Gasteiger partial charge in [0, 0.05) is 32.4 Å². The summed E-state index contributed by atoms with van der Waals surface area (Å²) in [6.07, 6.45) is 3.40. The van der Waals surface area contributed by atoms with Crippen LogP contribution in [0, 0.1) is 5.92 Å². The molecule has 1 saturated heterocycles. The van der Waals surface area contributed by atoms with Crippen LogP contribution in [0.2, 0.25) is 0 Å². The lowest BCUT2D eigenvalue weighted by Crippen LogP contribution is -2.48. The van der Waals surface area contributed by atoms with Crippen LogP contribution in [0.25, 0.3) is 0 Å². The number of hydrogen-bond donors (Lipinski definition) is 0. The summed E-state index contributed by atoms with van der Waals surface area (Å²) in [7, 11) is -1.87. The zero-order chi connectivity index (χ0) is 17.9. The van der Waals surface area contributed by atoms with Crippen molar-refractivity contribution in [3.63, 3.8) is 0 Å². The van der Waals surface area contributed by atoms with Crippen molar-refractivity contribution in [3.05, 3.63) is 29.8 Å². The fourth-order valence-electron chi connectivity index (χ4n) is 3.70. The molecule has 0 spiro atoms. The van der Waals surface area contributed by atoms with Crippen molar-refractivity contribution >= 4 is 21.6 Å². The lowest BCUT2D eigenvalue weighted by Gasteiger charge is -2.36. The predicted molar refractivity (Wildman–Crippen MR) is 97.1 cm³/mol. The molecule has 1 aromatic carbocycles. The molecule has 1 atom stereocenters. The minimum absolute atomic E-state index is 0.0308. The van der Waals surface area contributed by atoms with E-state index in [0.717, 1.165) is 31.4 Å². The monoisotopic (exact) mass is 366 g/mol. The smallest absolute Gasteiger partial charge is 0.231 e. The summed E-state index contributed by atoms with van der Waals surface area (Å²) in [4.78, 5) is 14.9. The van der Waals surface area contributed by atoms with Crippen molar-refractivity contribution < 1.29 is 17.9 Å². The Bertz CT molecular complexity index is 720. The number of ether oxygens (including phenoxy) is 1. The Hall–Kier alpha value is -1.44. The van der Waals surface area contributed by atoms with Crippen LogP contribution in [0.3, 0.4) is 0 Å². The summed E-state index contributed by atoms with van der Waals surface area (Å²) in [6, 6.07) is 8.00. The fraction of sp³-hybridized carbons (Fsp3) is 0.611. The summed E-state index contributed by atoms with van der Waals surface area (Å²) in [6.45, 7) is 1.66. The molecule has 0 radical (unpaired) electrons. The summed E-state index contributed by atoms with van der Waals surface area (Å²) in [5.41, 5.74) is 2.18. The van der Waals surface area contributed by atoms with Crippen molar-refractivity contribution in [2.24, 2.45) is 5.92 Å². The van der Waals surface area contributed by atoms with Gasteiger partial charge in [-0.3, -0.25) is 4.79 Å². The average molecular weight is 366 g/mol. The highest BCUT2D eigenvalue weighted by atomic mass is 32.2. The second-order valence-corrected chi connectivity index (χ2v) is 8.82. The van der Waals surface area contributed by atoms with Gasteiger partial charge in [-0.1, -0.05) is 18.2 Å². The van der Waals surface area contributed by atoms with Gasteiger partial charge < -0.3 is 9.64 Å². The quantitative estimate of drug-likeness (QED) is 0.795. The summed E-state index contributed by atoms with van der Waals surface area (Å²) >= 11 is 0. The normalized spacial score (nSPS) is 21.8. The van der Waals surface area contributed by atoms with Gasteiger partial charge in [0.25, 0.3) is 0 Å². The number of benzene rings is 1. The Kier molecular flexibility index (Phi) is 5.76. The van der Waals surface area contributed by atoms with E-state index in [9.17, 15) is 13.2 Å². The minimum atomic E-state index is -3.37. The van der Waals surface area contributed by atoms with Crippen molar-refractivity contribution in [2.75, 3.05) is 44.0 Å². The Labute approximate surface area is 149 Å². The molecule has 2 aliphatic heterocycles. The van der Waals surface area contributed by atoms with Gasteiger partial charge in [0.15, 0.2) is 0 Å². The third kappa shape index (κ3) is 4.04. The van der Waals surface area contributed by atoms with Gasteiger partial charge in [0.2, 0.25) is 15.9 Å². The number of para-hydroxylation sites is 1.